The molecule has 0 amide bonds. The number of nitrogens with zero attached hydrogens (tertiary/aromatic N) is 4. The molecule has 2 aliphatic heterocycles. The maximum absolute atomic E-state index is 5.46. The number of morpholine rings is 1. The van der Waals surface area contributed by atoms with Crippen molar-refractivity contribution in [1.82, 2.24) is 9.66 Å². The van der Waals surface area contributed by atoms with Crippen molar-refractivity contribution in [2.45, 2.75) is 0 Å². The van der Waals surface area contributed by atoms with E-state index >= 15 is 0 Å². The number of aromatic nitrogens is 2. The highest BCUT2D eigenvalue weighted by atomic mass is 16.7. The molecular formula is C19H18N4O3. The zero-order valence-electron chi connectivity index (χ0n) is 14.2. The third kappa shape index (κ3) is 2.66. The van der Waals surface area contributed by atoms with Crippen molar-refractivity contribution in [3.05, 3.63) is 48.0 Å². The van der Waals surface area contributed by atoms with Crippen LogP contribution in [0.15, 0.2) is 47.6 Å². The largest absolute Gasteiger partial charge is 0.454 e. The fourth-order valence-corrected chi connectivity index (χ4v) is 3.20. The second kappa shape index (κ2) is 6.34. The quantitative estimate of drug-likeness (QED) is 0.679. The summed E-state index contributed by atoms with van der Waals surface area (Å²) in [7, 11) is 0. The van der Waals surface area contributed by atoms with Crippen molar-refractivity contribution in [3.63, 3.8) is 0 Å². The first-order valence-electron chi connectivity index (χ1n) is 8.63. The molecule has 0 spiro atoms. The van der Waals surface area contributed by atoms with E-state index in [9.17, 15) is 0 Å². The van der Waals surface area contributed by atoms with Crippen LogP contribution in [0.1, 0.15) is 5.56 Å². The highest BCUT2D eigenvalue weighted by Gasteiger charge is 2.19. The van der Waals surface area contributed by atoms with Crippen molar-refractivity contribution in [2.75, 3.05) is 38.0 Å². The summed E-state index contributed by atoms with van der Waals surface area (Å²) in [5.41, 5.74) is 2.85. The van der Waals surface area contributed by atoms with Crippen LogP contribution >= 0.6 is 0 Å². The lowest BCUT2D eigenvalue weighted by Crippen LogP contribution is -2.37. The molecule has 2 aromatic carbocycles. The highest BCUT2D eigenvalue weighted by molar-refractivity contribution is 5.83. The normalized spacial score (nSPS) is 16.7. The molecular weight excluding hydrogens is 332 g/mol. The van der Waals surface area contributed by atoms with E-state index in [4.69, 9.17) is 24.3 Å². The fraction of sp³-hybridized carbons (Fsp3) is 0.263. The van der Waals surface area contributed by atoms with Gasteiger partial charge in [-0.3, -0.25) is 0 Å². The smallest absolute Gasteiger partial charge is 0.231 e. The van der Waals surface area contributed by atoms with Gasteiger partial charge in [0.15, 0.2) is 11.5 Å². The molecule has 1 saturated heterocycles. The molecule has 0 saturated carbocycles. The van der Waals surface area contributed by atoms with Gasteiger partial charge in [0.25, 0.3) is 0 Å². The molecule has 0 unspecified atom stereocenters. The molecule has 0 atom stereocenters. The number of benzene rings is 2. The summed E-state index contributed by atoms with van der Waals surface area (Å²) in [6.45, 7) is 3.29. The average Bonchev–Trinajstić information content (AvgIpc) is 3.31. The number of ether oxygens (including phenoxy) is 3. The Morgan fingerprint density at radius 1 is 1.00 bits per heavy atom. The molecule has 0 aliphatic carbocycles. The molecule has 0 radical (unpaired) electrons. The van der Waals surface area contributed by atoms with Crippen LogP contribution in [0.4, 0.5) is 5.95 Å². The first-order chi connectivity index (χ1) is 12.9. The molecule has 3 heterocycles. The van der Waals surface area contributed by atoms with E-state index < -0.39 is 0 Å². The minimum Gasteiger partial charge on any atom is -0.454 e. The van der Waals surface area contributed by atoms with Gasteiger partial charge in [-0.2, -0.15) is 9.78 Å². The molecule has 0 bridgehead atoms. The SMILES string of the molecule is C(=N/n1c(N2CCOCC2)nc2ccccc21)/c1ccc2c(c1)OCO2. The Hall–Kier alpha value is -3.06. The zero-order chi connectivity index (χ0) is 17.3. The molecule has 26 heavy (non-hydrogen) atoms. The lowest BCUT2D eigenvalue weighted by molar-refractivity contribution is 0.122. The molecule has 1 aromatic heterocycles. The lowest BCUT2D eigenvalue weighted by atomic mass is 10.2. The Balaban J connectivity index is 1.54. The van der Waals surface area contributed by atoms with Gasteiger partial charge in [-0.05, 0) is 35.9 Å². The maximum Gasteiger partial charge on any atom is 0.231 e. The first kappa shape index (κ1) is 15.2. The number of rotatable bonds is 3. The fourth-order valence-electron chi connectivity index (χ4n) is 3.20. The van der Waals surface area contributed by atoms with Crippen LogP contribution in [0.25, 0.3) is 11.0 Å². The third-order valence-electron chi connectivity index (χ3n) is 4.53. The van der Waals surface area contributed by atoms with Gasteiger partial charge in [0.1, 0.15) is 0 Å². The second-order valence-electron chi connectivity index (χ2n) is 6.17. The van der Waals surface area contributed by atoms with Gasteiger partial charge < -0.3 is 19.1 Å². The molecule has 3 aromatic rings. The summed E-state index contributed by atoms with van der Waals surface area (Å²) in [4.78, 5) is 6.99. The number of hydrogen-bond donors (Lipinski definition) is 0. The van der Waals surface area contributed by atoms with Crippen LogP contribution in [0.2, 0.25) is 0 Å². The molecule has 7 heteroatoms. The summed E-state index contributed by atoms with van der Waals surface area (Å²) in [5, 5.41) is 4.72. The summed E-state index contributed by atoms with van der Waals surface area (Å²) in [6.07, 6.45) is 1.82. The minimum absolute atomic E-state index is 0.267. The van der Waals surface area contributed by atoms with E-state index in [0.717, 1.165) is 47.1 Å². The maximum atomic E-state index is 5.46. The van der Waals surface area contributed by atoms with E-state index in [1.165, 1.54) is 0 Å². The summed E-state index contributed by atoms with van der Waals surface area (Å²) < 4.78 is 18.2. The summed E-state index contributed by atoms with van der Waals surface area (Å²) in [5.74, 6) is 2.36. The Morgan fingerprint density at radius 3 is 2.77 bits per heavy atom. The Kier molecular flexibility index (Phi) is 3.71. The van der Waals surface area contributed by atoms with Crippen LogP contribution in [0, 0.1) is 0 Å². The van der Waals surface area contributed by atoms with Crippen LogP contribution in [-0.4, -0.2) is 49.0 Å². The topological polar surface area (TPSA) is 61.1 Å². The number of para-hydroxylation sites is 2. The Labute approximate surface area is 150 Å². The van der Waals surface area contributed by atoms with Crippen molar-refractivity contribution in [3.8, 4) is 11.5 Å². The summed E-state index contributed by atoms with van der Waals surface area (Å²) >= 11 is 0. The van der Waals surface area contributed by atoms with E-state index in [1.807, 2.05) is 53.4 Å². The van der Waals surface area contributed by atoms with Crippen LogP contribution in [0.5, 0.6) is 11.5 Å². The third-order valence-corrected chi connectivity index (χ3v) is 4.53. The Bertz CT molecular complexity index is 976. The van der Waals surface area contributed by atoms with Crippen LogP contribution in [0.3, 0.4) is 0 Å². The monoisotopic (exact) mass is 350 g/mol. The van der Waals surface area contributed by atoms with Crippen molar-refractivity contribution >= 4 is 23.2 Å². The van der Waals surface area contributed by atoms with Gasteiger partial charge in [-0.1, -0.05) is 12.1 Å². The van der Waals surface area contributed by atoms with Gasteiger partial charge >= 0.3 is 0 Å². The van der Waals surface area contributed by atoms with Gasteiger partial charge in [0, 0.05) is 13.1 Å². The predicted octanol–water partition coefficient (Wildman–Crippen LogP) is 2.48. The number of imidazole rings is 1. The average molecular weight is 350 g/mol. The van der Waals surface area contributed by atoms with Gasteiger partial charge in [0.2, 0.25) is 12.7 Å². The first-order valence-corrected chi connectivity index (χ1v) is 8.63. The predicted molar refractivity (Wildman–Crippen MR) is 98.3 cm³/mol. The van der Waals surface area contributed by atoms with E-state index in [1.54, 1.807) is 0 Å². The van der Waals surface area contributed by atoms with Crippen LogP contribution in [-0.2, 0) is 4.74 Å². The molecule has 2 aliphatic rings. The molecule has 5 rings (SSSR count). The van der Waals surface area contributed by atoms with Crippen LogP contribution < -0.4 is 14.4 Å². The number of fused-ring (bicyclic) bond motifs is 2. The van der Waals surface area contributed by atoms with Crippen molar-refractivity contribution in [1.29, 1.82) is 0 Å². The van der Waals surface area contributed by atoms with Gasteiger partial charge in [-0.15, -0.1) is 0 Å². The molecule has 0 N–H and O–H groups in total. The molecule has 7 nitrogen and oxygen atoms in total. The lowest BCUT2D eigenvalue weighted by Gasteiger charge is -2.27. The second-order valence-corrected chi connectivity index (χ2v) is 6.17. The molecule has 132 valence electrons. The summed E-state index contributed by atoms with van der Waals surface area (Å²) in [6, 6.07) is 13.8. The van der Waals surface area contributed by atoms with Crippen molar-refractivity contribution < 1.29 is 14.2 Å². The number of anilines is 1. The zero-order valence-corrected chi connectivity index (χ0v) is 14.2. The van der Waals surface area contributed by atoms with Gasteiger partial charge in [0.05, 0.1) is 30.5 Å². The van der Waals surface area contributed by atoms with Gasteiger partial charge in [-0.25, -0.2) is 4.98 Å². The van der Waals surface area contributed by atoms with E-state index in [-0.39, 0.29) is 6.79 Å². The van der Waals surface area contributed by atoms with E-state index in [2.05, 4.69) is 4.90 Å². The standard InChI is InChI=1S/C19H18N4O3/c1-2-4-16-15(3-1)21-19(22-7-9-24-10-8-22)23(16)20-12-14-5-6-17-18(11-14)26-13-25-17/h1-6,11-12H,7-10,13H2/b20-12-. The highest BCUT2D eigenvalue weighted by Crippen LogP contribution is 2.32. The Morgan fingerprint density at radius 2 is 1.85 bits per heavy atom. The van der Waals surface area contributed by atoms with Crippen molar-refractivity contribution in [2.24, 2.45) is 5.10 Å². The number of hydrogen-bond acceptors (Lipinski definition) is 6. The minimum atomic E-state index is 0.267. The molecule has 1 fully saturated rings. The van der Waals surface area contributed by atoms with E-state index in [0.29, 0.717) is 13.2 Å².